The molecule has 0 rings (SSSR count). The second-order valence-electron chi connectivity index (χ2n) is 1.94. The maximum Gasteiger partial charge on any atom is 0.106 e. The van der Waals surface area contributed by atoms with E-state index in [-0.39, 0.29) is 0 Å². The van der Waals surface area contributed by atoms with Crippen molar-refractivity contribution in [3.63, 3.8) is 0 Å². The molecule has 0 aromatic heterocycles. The average molecular weight is 183 g/mol. The quantitative estimate of drug-likeness (QED) is 0.532. The van der Waals surface area contributed by atoms with Crippen LogP contribution in [0.15, 0.2) is 36.3 Å². The van der Waals surface area contributed by atoms with Crippen molar-refractivity contribution < 1.29 is 9.53 Å². The summed E-state index contributed by atoms with van der Waals surface area (Å²) in [7, 11) is 3.48. The van der Waals surface area contributed by atoms with E-state index in [0.29, 0.717) is 0 Å². The largest absolute Gasteiger partial charge is 0.502 e. The molecule has 0 radical (unpaired) electrons. The standard InChI is InChI=1S/C9H15NO.CH2O/c1-4-5-6-7-9(10-2)8-11-3;1-2/h4-8,10H,1-3H3;1H2/b5-4-,7-6-,9-8-;. The minimum Gasteiger partial charge on any atom is -0.502 e. The fourth-order valence-corrected chi connectivity index (χ4v) is 0.579. The number of methoxy groups -OCH3 is 1. The molecule has 0 saturated carbocycles. The molecule has 0 amide bonds. The monoisotopic (exact) mass is 183 g/mol. The summed E-state index contributed by atoms with van der Waals surface area (Å²) in [6, 6.07) is 0. The van der Waals surface area contributed by atoms with Crippen molar-refractivity contribution in [1.29, 1.82) is 0 Å². The van der Waals surface area contributed by atoms with Crippen molar-refractivity contribution in [2.75, 3.05) is 14.2 Å². The van der Waals surface area contributed by atoms with Gasteiger partial charge >= 0.3 is 0 Å². The van der Waals surface area contributed by atoms with Gasteiger partial charge < -0.3 is 14.8 Å². The minimum atomic E-state index is 0.950. The maximum atomic E-state index is 8.00. The number of allylic oxidation sites excluding steroid dienone is 4. The van der Waals surface area contributed by atoms with Gasteiger partial charge in [-0.25, -0.2) is 0 Å². The molecule has 0 aliphatic rings. The molecule has 13 heavy (non-hydrogen) atoms. The zero-order valence-electron chi connectivity index (χ0n) is 8.41. The highest BCUT2D eigenvalue weighted by molar-refractivity contribution is 5.18. The lowest BCUT2D eigenvalue weighted by Gasteiger charge is -1.97. The molecule has 0 heterocycles. The van der Waals surface area contributed by atoms with E-state index in [1.54, 1.807) is 13.4 Å². The fourth-order valence-electron chi connectivity index (χ4n) is 0.579. The Bertz CT molecular complexity index is 183. The Morgan fingerprint density at radius 1 is 1.38 bits per heavy atom. The first-order chi connectivity index (χ1) is 6.35. The second kappa shape index (κ2) is 13.1. The maximum absolute atomic E-state index is 8.00. The Morgan fingerprint density at radius 3 is 2.38 bits per heavy atom. The third-order valence-electron chi connectivity index (χ3n) is 1.11. The summed E-state index contributed by atoms with van der Waals surface area (Å²) in [4.78, 5) is 8.00. The van der Waals surface area contributed by atoms with Gasteiger partial charge in [-0.3, -0.25) is 0 Å². The highest BCUT2D eigenvalue weighted by Crippen LogP contribution is 1.90. The fraction of sp³-hybridized carbons (Fsp3) is 0.300. The van der Waals surface area contributed by atoms with Crippen molar-refractivity contribution >= 4 is 6.79 Å². The van der Waals surface area contributed by atoms with Crippen LogP contribution in [0.3, 0.4) is 0 Å². The van der Waals surface area contributed by atoms with Crippen LogP contribution in [-0.2, 0) is 9.53 Å². The molecule has 0 bridgehead atoms. The van der Waals surface area contributed by atoms with Crippen LogP contribution in [0.1, 0.15) is 6.92 Å². The van der Waals surface area contributed by atoms with Crippen LogP contribution >= 0.6 is 0 Å². The number of hydrogen-bond donors (Lipinski definition) is 1. The van der Waals surface area contributed by atoms with Crippen LogP contribution in [0.4, 0.5) is 0 Å². The van der Waals surface area contributed by atoms with Gasteiger partial charge in [0, 0.05) is 7.05 Å². The van der Waals surface area contributed by atoms with E-state index in [4.69, 9.17) is 9.53 Å². The van der Waals surface area contributed by atoms with Crippen LogP contribution < -0.4 is 5.32 Å². The highest BCUT2D eigenvalue weighted by Gasteiger charge is 1.82. The summed E-state index contributed by atoms with van der Waals surface area (Å²) in [6.45, 7) is 3.98. The van der Waals surface area contributed by atoms with Crippen molar-refractivity contribution in [3.05, 3.63) is 36.3 Å². The van der Waals surface area contributed by atoms with E-state index in [0.717, 1.165) is 5.70 Å². The van der Waals surface area contributed by atoms with Crippen LogP contribution in [0.5, 0.6) is 0 Å². The molecule has 0 fully saturated rings. The molecule has 1 N–H and O–H groups in total. The smallest absolute Gasteiger partial charge is 0.106 e. The molecule has 0 aromatic rings. The number of ether oxygens (including phenoxy) is 1. The average Bonchev–Trinajstić information content (AvgIpc) is 2.20. The Kier molecular flexibility index (Phi) is 14.2. The normalized spacial score (nSPS) is 11.2. The first-order valence-electron chi connectivity index (χ1n) is 3.84. The van der Waals surface area contributed by atoms with Crippen molar-refractivity contribution in [1.82, 2.24) is 5.32 Å². The van der Waals surface area contributed by atoms with Crippen LogP contribution in [0.2, 0.25) is 0 Å². The van der Waals surface area contributed by atoms with E-state index in [1.807, 2.05) is 45.1 Å². The zero-order valence-corrected chi connectivity index (χ0v) is 8.41. The van der Waals surface area contributed by atoms with E-state index in [9.17, 15) is 0 Å². The Morgan fingerprint density at radius 2 is 2.00 bits per heavy atom. The number of carbonyl (C=O) groups excluding carboxylic acids is 1. The molecule has 0 unspecified atom stereocenters. The van der Waals surface area contributed by atoms with Crippen LogP contribution in [0.25, 0.3) is 0 Å². The lowest BCUT2D eigenvalue weighted by Crippen LogP contribution is -2.02. The molecule has 3 nitrogen and oxygen atoms in total. The Hall–Kier alpha value is -1.51. The third kappa shape index (κ3) is 10.5. The van der Waals surface area contributed by atoms with Crippen molar-refractivity contribution in [2.45, 2.75) is 6.92 Å². The van der Waals surface area contributed by atoms with Gasteiger partial charge in [0.1, 0.15) is 13.1 Å². The first-order valence-corrected chi connectivity index (χ1v) is 3.84. The summed E-state index contributed by atoms with van der Waals surface area (Å²) in [5.41, 5.74) is 0.950. The van der Waals surface area contributed by atoms with E-state index >= 15 is 0 Å². The molecule has 3 heteroatoms. The predicted octanol–water partition coefficient (Wildman–Crippen LogP) is 1.64. The number of likely N-dealkylation sites (N-methyl/N-ethyl adjacent to an activating group) is 1. The van der Waals surface area contributed by atoms with Gasteiger partial charge in [-0.1, -0.05) is 18.2 Å². The highest BCUT2D eigenvalue weighted by atomic mass is 16.5. The zero-order chi connectivity index (χ0) is 10.5. The summed E-state index contributed by atoms with van der Waals surface area (Å²) >= 11 is 0. The molecule has 0 atom stereocenters. The molecule has 74 valence electrons. The summed E-state index contributed by atoms with van der Waals surface area (Å²) < 4.78 is 4.83. The summed E-state index contributed by atoms with van der Waals surface area (Å²) in [6.07, 6.45) is 9.46. The molecule has 0 saturated heterocycles. The minimum absolute atomic E-state index is 0.950. The molecular weight excluding hydrogens is 166 g/mol. The predicted molar refractivity (Wildman–Crippen MR) is 55.2 cm³/mol. The van der Waals surface area contributed by atoms with Gasteiger partial charge in [0.15, 0.2) is 0 Å². The lowest BCUT2D eigenvalue weighted by molar-refractivity contribution is -0.0979. The molecule has 0 aliphatic heterocycles. The van der Waals surface area contributed by atoms with E-state index < -0.39 is 0 Å². The topological polar surface area (TPSA) is 38.3 Å². The van der Waals surface area contributed by atoms with Crippen molar-refractivity contribution in [2.24, 2.45) is 0 Å². The van der Waals surface area contributed by atoms with Gasteiger partial charge in [-0.05, 0) is 13.0 Å². The number of nitrogens with one attached hydrogen (secondary N) is 1. The van der Waals surface area contributed by atoms with Gasteiger partial charge in [-0.15, -0.1) is 0 Å². The Labute approximate surface area is 79.8 Å². The van der Waals surface area contributed by atoms with Gasteiger partial charge in [-0.2, -0.15) is 0 Å². The summed E-state index contributed by atoms with van der Waals surface area (Å²) in [5.74, 6) is 0. The summed E-state index contributed by atoms with van der Waals surface area (Å²) in [5, 5.41) is 2.98. The molecule has 0 spiro atoms. The SMILES string of the molecule is C=O.C\C=C/C=C\C(=C\OC)NC. The second-order valence-corrected chi connectivity index (χ2v) is 1.94. The molecule has 0 aromatic carbocycles. The van der Waals surface area contributed by atoms with Gasteiger partial charge in [0.25, 0.3) is 0 Å². The number of rotatable bonds is 4. The van der Waals surface area contributed by atoms with E-state index in [1.165, 1.54) is 0 Å². The molecule has 0 aliphatic carbocycles. The van der Waals surface area contributed by atoms with Crippen molar-refractivity contribution in [3.8, 4) is 0 Å². The third-order valence-corrected chi connectivity index (χ3v) is 1.11. The van der Waals surface area contributed by atoms with Crippen LogP contribution in [-0.4, -0.2) is 20.9 Å². The lowest BCUT2D eigenvalue weighted by atomic mass is 10.4. The Balaban J connectivity index is 0. The molecular formula is C10H17NO2. The van der Waals surface area contributed by atoms with E-state index in [2.05, 4.69) is 5.32 Å². The van der Waals surface area contributed by atoms with Crippen LogP contribution in [0, 0.1) is 0 Å². The van der Waals surface area contributed by atoms with Gasteiger partial charge in [0.2, 0.25) is 0 Å². The van der Waals surface area contributed by atoms with Gasteiger partial charge in [0.05, 0.1) is 12.8 Å². The number of hydrogen-bond acceptors (Lipinski definition) is 3. The number of carbonyl (C=O) groups is 1. The first kappa shape index (κ1) is 14.0.